The highest BCUT2D eigenvalue weighted by molar-refractivity contribution is 7.92. The van der Waals surface area contributed by atoms with E-state index in [0.29, 0.717) is 4.90 Å². The van der Waals surface area contributed by atoms with Crippen molar-refractivity contribution >= 4 is 16.1 Å². The molecule has 0 radical (unpaired) electrons. The summed E-state index contributed by atoms with van der Waals surface area (Å²) in [6.07, 6.45) is 4.42. The molecule has 0 fully saturated rings. The summed E-state index contributed by atoms with van der Waals surface area (Å²) in [4.78, 5) is 4.12. The molecule has 1 aliphatic heterocycles. The molecule has 1 aromatic rings. The van der Waals surface area contributed by atoms with E-state index in [-0.39, 0.29) is 0 Å². The zero-order chi connectivity index (χ0) is 11.6. The number of hydrogen-bond acceptors (Lipinski definition) is 4. The molecule has 1 aliphatic rings. The van der Waals surface area contributed by atoms with Gasteiger partial charge in [0.05, 0.1) is 4.90 Å². The average molecular weight is 236 g/mol. The molecule has 1 atom stereocenters. The summed E-state index contributed by atoms with van der Waals surface area (Å²) >= 11 is 0. The largest absolute Gasteiger partial charge is 0.369 e. The van der Waals surface area contributed by atoms with E-state index >= 15 is 0 Å². The number of aliphatic imine (C=N–C) groups is 1. The van der Waals surface area contributed by atoms with Crippen LogP contribution in [0.15, 0.2) is 46.6 Å². The van der Waals surface area contributed by atoms with Gasteiger partial charge >= 0.3 is 0 Å². The summed E-state index contributed by atoms with van der Waals surface area (Å²) in [5.74, 6) is 0. The number of nitrogens with zero attached hydrogens (tertiary/aromatic N) is 1. The van der Waals surface area contributed by atoms with Crippen molar-refractivity contribution in [2.45, 2.75) is 17.2 Å². The van der Waals surface area contributed by atoms with Gasteiger partial charge in [-0.15, -0.1) is 0 Å². The van der Waals surface area contributed by atoms with Gasteiger partial charge in [-0.3, -0.25) is 4.99 Å². The Balaban J connectivity index is 2.35. The predicted octanol–water partition coefficient (Wildman–Crippen LogP) is 1.24. The van der Waals surface area contributed by atoms with Crippen molar-refractivity contribution in [3.63, 3.8) is 0 Å². The third-order valence-electron chi connectivity index (χ3n) is 2.33. The minimum atomic E-state index is -3.39. The summed E-state index contributed by atoms with van der Waals surface area (Å²) in [5.41, 5.74) is 1.03. The molecule has 84 valence electrons. The normalized spacial score (nSPS) is 19.4. The van der Waals surface area contributed by atoms with Crippen LogP contribution < -0.4 is 5.32 Å². The first-order chi connectivity index (χ1) is 7.60. The minimum absolute atomic E-state index is 0.303. The lowest BCUT2D eigenvalue weighted by atomic mass is 10.2. The van der Waals surface area contributed by atoms with Crippen LogP contribution in [0.3, 0.4) is 0 Å². The lowest BCUT2D eigenvalue weighted by Gasteiger charge is -2.15. The lowest BCUT2D eigenvalue weighted by Crippen LogP contribution is -2.36. The Bertz CT molecular complexity index is 530. The smallest absolute Gasteiger partial charge is 0.204 e. The van der Waals surface area contributed by atoms with E-state index in [1.165, 1.54) is 18.6 Å². The van der Waals surface area contributed by atoms with Crippen molar-refractivity contribution in [3.05, 3.63) is 42.2 Å². The lowest BCUT2D eigenvalue weighted by molar-refractivity contribution is 0.586. The second-order valence-electron chi connectivity index (χ2n) is 3.56. The maximum Gasteiger partial charge on any atom is 0.204 e. The number of sulfone groups is 1. The fourth-order valence-electron chi connectivity index (χ4n) is 1.40. The van der Waals surface area contributed by atoms with Gasteiger partial charge in [-0.05, 0) is 19.1 Å². The maximum atomic E-state index is 12.1. The van der Waals surface area contributed by atoms with Crippen molar-refractivity contribution in [1.82, 2.24) is 5.32 Å². The molecule has 0 amide bonds. The SMILES string of the molecule is Cc1ccc(S(=O)(=O)C2C=NC=CN2)cc1. The molecule has 4 nitrogen and oxygen atoms in total. The number of hydrogen-bond donors (Lipinski definition) is 1. The molecule has 1 N–H and O–H groups in total. The van der Waals surface area contributed by atoms with Crippen LogP contribution >= 0.6 is 0 Å². The van der Waals surface area contributed by atoms with E-state index in [1.807, 2.05) is 6.92 Å². The highest BCUT2D eigenvalue weighted by atomic mass is 32.2. The molecule has 1 aromatic carbocycles. The Kier molecular flexibility index (Phi) is 2.78. The molecule has 1 heterocycles. The zero-order valence-electron chi connectivity index (χ0n) is 8.79. The van der Waals surface area contributed by atoms with Crippen molar-refractivity contribution in [2.75, 3.05) is 0 Å². The van der Waals surface area contributed by atoms with Crippen molar-refractivity contribution in [3.8, 4) is 0 Å². The standard InChI is InChI=1S/C11H12N2O2S/c1-9-2-4-10(5-3-9)16(14,15)11-8-12-6-7-13-11/h2-8,11,13H,1H3. The Labute approximate surface area is 94.6 Å². The predicted molar refractivity (Wildman–Crippen MR) is 62.9 cm³/mol. The third kappa shape index (κ3) is 1.99. The van der Waals surface area contributed by atoms with Crippen LogP contribution in [0.4, 0.5) is 0 Å². The first-order valence-corrected chi connectivity index (χ1v) is 6.40. The fourth-order valence-corrected chi connectivity index (χ4v) is 2.69. The van der Waals surface area contributed by atoms with Gasteiger partial charge in [0, 0.05) is 18.6 Å². The van der Waals surface area contributed by atoms with Crippen molar-refractivity contribution < 1.29 is 8.42 Å². The van der Waals surface area contributed by atoms with Crippen LogP contribution in [-0.2, 0) is 9.84 Å². The monoisotopic (exact) mass is 236 g/mol. The molecule has 0 bridgehead atoms. The molecular formula is C11H12N2O2S. The van der Waals surface area contributed by atoms with Gasteiger partial charge in [0.2, 0.25) is 9.84 Å². The Morgan fingerprint density at radius 3 is 2.50 bits per heavy atom. The molecule has 2 rings (SSSR count). The highest BCUT2D eigenvalue weighted by Gasteiger charge is 2.25. The van der Waals surface area contributed by atoms with Gasteiger partial charge in [-0.25, -0.2) is 8.42 Å². The Morgan fingerprint density at radius 2 is 1.94 bits per heavy atom. The molecule has 16 heavy (non-hydrogen) atoms. The molecule has 1 unspecified atom stereocenters. The molecule has 0 aliphatic carbocycles. The quantitative estimate of drug-likeness (QED) is 0.840. The number of rotatable bonds is 2. The van der Waals surface area contributed by atoms with Crippen LogP contribution in [-0.4, -0.2) is 20.0 Å². The highest BCUT2D eigenvalue weighted by Crippen LogP contribution is 2.15. The van der Waals surface area contributed by atoms with Crippen LogP contribution in [0.5, 0.6) is 0 Å². The van der Waals surface area contributed by atoms with E-state index in [9.17, 15) is 8.42 Å². The molecule has 0 saturated carbocycles. The van der Waals surface area contributed by atoms with Gasteiger partial charge < -0.3 is 5.32 Å². The average Bonchev–Trinajstić information content (AvgIpc) is 2.31. The van der Waals surface area contributed by atoms with E-state index < -0.39 is 15.2 Å². The number of aryl methyl sites for hydroxylation is 1. The van der Waals surface area contributed by atoms with E-state index in [2.05, 4.69) is 10.3 Å². The molecule has 0 aromatic heterocycles. The molecule has 0 saturated heterocycles. The van der Waals surface area contributed by atoms with Gasteiger partial charge in [0.15, 0.2) is 5.37 Å². The van der Waals surface area contributed by atoms with Crippen LogP contribution in [0, 0.1) is 6.92 Å². The zero-order valence-corrected chi connectivity index (χ0v) is 9.61. The second-order valence-corrected chi connectivity index (χ2v) is 5.63. The first kappa shape index (κ1) is 10.9. The van der Waals surface area contributed by atoms with Crippen LogP contribution in [0.1, 0.15) is 5.56 Å². The van der Waals surface area contributed by atoms with Gasteiger partial charge in [0.25, 0.3) is 0 Å². The van der Waals surface area contributed by atoms with Gasteiger partial charge in [0.1, 0.15) is 0 Å². The Morgan fingerprint density at radius 1 is 1.25 bits per heavy atom. The Hall–Kier alpha value is -1.62. The van der Waals surface area contributed by atoms with Crippen molar-refractivity contribution in [2.24, 2.45) is 4.99 Å². The maximum absolute atomic E-state index is 12.1. The van der Waals surface area contributed by atoms with E-state index in [1.54, 1.807) is 24.3 Å². The summed E-state index contributed by atoms with van der Waals surface area (Å²) in [5, 5.41) is 1.98. The second kappa shape index (κ2) is 4.09. The van der Waals surface area contributed by atoms with Gasteiger partial charge in [-0.2, -0.15) is 0 Å². The summed E-state index contributed by atoms with van der Waals surface area (Å²) in [6.45, 7) is 1.92. The van der Waals surface area contributed by atoms with Crippen LogP contribution in [0.25, 0.3) is 0 Å². The topological polar surface area (TPSA) is 58.5 Å². The fraction of sp³-hybridized carbons (Fsp3) is 0.182. The molecule has 0 spiro atoms. The van der Waals surface area contributed by atoms with E-state index in [0.717, 1.165) is 5.56 Å². The minimum Gasteiger partial charge on any atom is -0.369 e. The van der Waals surface area contributed by atoms with Gasteiger partial charge in [-0.1, -0.05) is 17.7 Å². The number of benzene rings is 1. The van der Waals surface area contributed by atoms with E-state index in [4.69, 9.17) is 0 Å². The number of nitrogens with one attached hydrogen (secondary N) is 1. The summed E-state index contributed by atoms with van der Waals surface area (Å²) in [7, 11) is -3.39. The van der Waals surface area contributed by atoms with Crippen LogP contribution in [0.2, 0.25) is 0 Å². The molecular weight excluding hydrogens is 224 g/mol. The molecule has 5 heteroatoms. The summed E-state index contributed by atoms with van der Waals surface area (Å²) in [6, 6.07) is 6.78. The third-order valence-corrected chi connectivity index (χ3v) is 4.18. The first-order valence-electron chi connectivity index (χ1n) is 4.85. The summed E-state index contributed by atoms with van der Waals surface area (Å²) < 4.78 is 24.2. The van der Waals surface area contributed by atoms with Crippen molar-refractivity contribution in [1.29, 1.82) is 0 Å².